The number of nitrogens with zero attached hydrogens (tertiary/aromatic N) is 1. The van der Waals surface area contributed by atoms with Gasteiger partial charge in [0.1, 0.15) is 5.25 Å². The van der Waals surface area contributed by atoms with E-state index in [1.807, 2.05) is 60.7 Å². The standard InChI is InChI=1S/C27H23ClN2O3S/c28-23-13-15-24(16-14-23)34(32,33)25(22-12-7-17-29-18-22)19-30-27(31)26(20-8-3-1-4-9-20)21-10-5-2-6-11-21/h1-18,25-26H,19H2,(H,30,31). The van der Waals surface area contributed by atoms with Gasteiger partial charge in [-0.3, -0.25) is 9.78 Å². The number of amides is 1. The number of pyridine rings is 1. The highest BCUT2D eigenvalue weighted by Crippen LogP contribution is 2.30. The Morgan fingerprint density at radius 3 is 1.88 bits per heavy atom. The molecule has 1 heterocycles. The van der Waals surface area contributed by atoms with Crippen LogP contribution >= 0.6 is 11.6 Å². The van der Waals surface area contributed by atoms with Crippen molar-refractivity contribution in [3.8, 4) is 0 Å². The molecule has 4 rings (SSSR count). The van der Waals surface area contributed by atoms with Gasteiger partial charge in [0, 0.05) is 24.0 Å². The van der Waals surface area contributed by atoms with Crippen LogP contribution in [0.15, 0.2) is 114 Å². The van der Waals surface area contributed by atoms with Crippen molar-refractivity contribution in [2.24, 2.45) is 0 Å². The molecule has 0 saturated carbocycles. The SMILES string of the molecule is O=C(NCC(c1cccnc1)S(=O)(=O)c1ccc(Cl)cc1)C(c1ccccc1)c1ccccc1. The fourth-order valence-electron chi connectivity index (χ4n) is 3.84. The Morgan fingerprint density at radius 2 is 1.35 bits per heavy atom. The minimum absolute atomic E-state index is 0.106. The van der Waals surface area contributed by atoms with Gasteiger partial charge in [-0.05, 0) is 47.0 Å². The van der Waals surface area contributed by atoms with Crippen LogP contribution in [0.2, 0.25) is 5.02 Å². The first kappa shape index (κ1) is 23.7. The van der Waals surface area contributed by atoms with Crippen molar-refractivity contribution in [3.63, 3.8) is 0 Å². The van der Waals surface area contributed by atoms with Gasteiger partial charge in [0.15, 0.2) is 9.84 Å². The van der Waals surface area contributed by atoms with E-state index in [1.165, 1.54) is 30.5 Å². The Hall–Kier alpha value is -3.48. The molecule has 7 heteroatoms. The van der Waals surface area contributed by atoms with Crippen molar-refractivity contribution in [3.05, 3.63) is 131 Å². The van der Waals surface area contributed by atoms with E-state index < -0.39 is 21.0 Å². The summed E-state index contributed by atoms with van der Waals surface area (Å²) in [6, 6.07) is 28.2. The molecular weight excluding hydrogens is 468 g/mol. The molecule has 0 fully saturated rings. The van der Waals surface area contributed by atoms with Gasteiger partial charge in [-0.25, -0.2) is 8.42 Å². The fraction of sp³-hybridized carbons (Fsp3) is 0.111. The Bertz CT molecular complexity index is 1290. The fourth-order valence-corrected chi connectivity index (χ4v) is 5.61. The van der Waals surface area contributed by atoms with Crippen LogP contribution in [-0.4, -0.2) is 25.9 Å². The van der Waals surface area contributed by atoms with Gasteiger partial charge in [0.2, 0.25) is 5.91 Å². The van der Waals surface area contributed by atoms with E-state index in [2.05, 4.69) is 10.3 Å². The number of hydrogen-bond donors (Lipinski definition) is 1. The number of benzene rings is 3. The Morgan fingerprint density at radius 1 is 0.794 bits per heavy atom. The highest BCUT2D eigenvalue weighted by Gasteiger charge is 2.31. The lowest BCUT2D eigenvalue weighted by Crippen LogP contribution is -2.35. The van der Waals surface area contributed by atoms with Gasteiger partial charge in [0.25, 0.3) is 0 Å². The summed E-state index contributed by atoms with van der Waals surface area (Å²) < 4.78 is 27.1. The molecule has 1 aromatic heterocycles. The lowest BCUT2D eigenvalue weighted by atomic mass is 9.90. The second-order valence-corrected chi connectivity index (χ2v) is 10.3. The lowest BCUT2D eigenvalue weighted by molar-refractivity contribution is -0.121. The third-order valence-corrected chi connectivity index (χ3v) is 7.93. The largest absolute Gasteiger partial charge is 0.354 e. The summed E-state index contributed by atoms with van der Waals surface area (Å²) >= 11 is 5.95. The number of carbonyl (C=O) groups excluding carboxylic acids is 1. The molecule has 3 aromatic carbocycles. The van der Waals surface area contributed by atoms with E-state index in [9.17, 15) is 13.2 Å². The molecule has 0 spiro atoms. The molecule has 0 saturated heterocycles. The molecule has 0 aliphatic carbocycles. The van der Waals surface area contributed by atoms with Gasteiger partial charge in [-0.15, -0.1) is 0 Å². The van der Waals surface area contributed by atoms with Gasteiger partial charge in [-0.2, -0.15) is 0 Å². The Balaban J connectivity index is 1.65. The molecule has 1 atom stereocenters. The summed E-state index contributed by atoms with van der Waals surface area (Å²) in [6.45, 7) is -0.106. The minimum Gasteiger partial charge on any atom is -0.354 e. The maximum atomic E-state index is 13.5. The number of hydrogen-bond acceptors (Lipinski definition) is 4. The third kappa shape index (κ3) is 5.35. The smallest absolute Gasteiger partial charge is 0.232 e. The molecule has 4 aromatic rings. The van der Waals surface area contributed by atoms with Crippen molar-refractivity contribution >= 4 is 27.3 Å². The zero-order valence-corrected chi connectivity index (χ0v) is 19.8. The average Bonchev–Trinajstić information content (AvgIpc) is 2.86. The van der Waals surface area contributed by atoms with Gasteiger partial charge in [-0.1, -0.05) is 78.3 Å². The number of nitrogens with one attached hydrogen (secondary N) is 1. The summed E-state index contributed by atoms with van der Waals surface area (Å²) in [5.74, 6) is -0.854. The molecule has 0 aliphatic rings. The Labute approximate surface area is 204 Å². The van der Waals surface area contributed by atoms with Gasteiger partial charge >= 0.3 is 0 Å². The van der Waals surface area contributed by atoms with Crippen LogP contribution in [-0.2, 0) is 14.6 Å². The maximum Gasteiger partial charge on any atom is 0.232 e. The monoisotopic (exact) mass is 490 g/mol. The van der Waals surface area contributed by atoms with Crippen LogP contribution in [0.5, 0.6) is 0 Å². The molecule has 1 amide bonds. The van der Waals surface area contributed by atoms with E-state index in [4.69, 9.17) is 11.6 Å². The maximum absolute atomic E-state index is 13.5. The van der Waals surface area contributed by atoms with E-state index in [1.54, 1.807) is 18.3 Å². The number of sulfone groups is 1. The topological polar surface area (TPSA) is 76.1 Å². The molecule has 172 valence electrons. The third-order valence-electron chi connectivity index (χ3n) is 5.56. The minimum atomic E-state index is -3.83. The van der Waals surface area contributed by atoms with Crippen molar-refractivity contribution in [2.45, 2.75) is 16.1 Å². The summed E-state index contributed by atoms with van der Waals surface area (Å²) in [4.78, 5) is 17.7. The predicted molar refractivity (Wildman–Crippen MR) is 133 cm³/mol. The molecule has 1 N–H and O–H groups in total. The predicted octanol–water partition coefficient (Wildman–Crippen LogP) is 5.20. The normalized spacial score (nSPS) is 12.3. The van der Waals surface area contributed by atoms with Crippen molar-refractivity contribution in [1.29, 1.82) is 0 Å². The zero-order valence-electron chi connectivity index (χ0n) is 18.2. The summed E-state index contributed by atoms with van der Waals surface area (Å²) in [7, 11) is -3.83. The highest BCUT2D eigenvalue weighted by atomic mass is 35.5. The van der Waals surface area contributed by atoms with Crippen molar-refractivity contribution < 1.29 is 13.2 Å². The Kier molecular flexibility index (Phi) is 7.40. The van der Waals surface area contributed by atoms with Crippen LogP contribution in [0.25, 0.3) is 0 Å². The molecule has 0 radical (unpaired) electrons. The first-order valence-electron chi connectivity index (χ1n) is 10.7. The number of rotatable bonds is 8. The van der Waals surface area contributed by atoms with Gasteiger partial charge in [0.05, 0.1) is 10.8 Å². The second-order valence-electron chi connectivity index (χ2n) is 7.77. The summed E-state index contributed by atoms with van der Waals surface area (Å²) in [6.07, 6.45) is 3.09. The summed E-state index contributed by atoms with van der Waals surface area (Å²) in [5.41, 5.74) is 2.14. The number of aromatic nitrogens is 1. The van der Waals surface area contributed by atoms with Crippen molar-refractivity contribution in [2.75, 3.05) is 6.54 Å². The number of halogens is 1. The van der Waals surface area contributed by atoms with E-state index in [0.29, 0.717) is 10.6 Å². The van der Waals surface area contributed by atoms with Gasteiger partial charge < -0.3 is 5.32 Å². The van der Waals surface area contributed by atoms with Crippen LogP contribution in [0.3, 0.4) is 0 Å². The first-order chi connectivity index (χ1) is 16.5. The zero-order chi connectivity index (χ0) is 24.0. The van der Waals surface area contributed by atoms with E-state index in [-0.39, 0.29) is 17.3 Å². The van der Waals surface area contributed by atoms with Crippen LogP contribution < -0.4 is 5.32 Å². The first-order valence-corrected chi connectivity index (χ1v) is 12.7. The second kappa shape index (κ2) is 10.6. The summed E-state index contributed by atoms with van der Waals surface area (Å²) in [5, 5.41) is 2.32. The van der Waals surface area contributed by atoms with E-state index in [0.717, 1.165) is 11.1 Å². The van der Waals surface area contributed by atoms with E-state index >= 15 is 0 Å². The quantitative estimate of drug-likeness (QED) is 0.368. The molecule has 5 nitrogen and oxygen atoms in total. The molecule has 1 unspecified atom stereocenters. The van der Waals surface area contributed by atoms with Crippen LogP contribution in [0.1, 0.15) is 27.9 Å². The van der Waals surface area contributed by atoms with Crippen LogP contribution in [0.4, 0.5) is 0 Å². The van der Waals surface area contributed by atoms with Crippen molar-refractivity contribution in [1.82, 2.24) is 10.3 Å². The molecule has 34 heavy (non-hydrogen) atoms. The molecule has 0 aliphatic heterocycles. The average molecular weight is 491 g/mol. The van der Waals surface area contributed by atoms with Crippen LogP contribution in [0, 0.1) is 0 Å². The lowest BCUT2D eigenvalue weighted by Gasteiger charge is -2.22. The number of carbonyl (C=O) groups is 1. The highest BCUT2D eigenvalue weighted by molar-refractivity contribution is 7.91. The molecular formula is C27H23ClN2O3S. The molecule has 0 bridgehead atoms.